The summed E-state index contributed by atoms with van der Waals surface area (Å²) in [6, 6.07) is 4.00. The maximum atomic E-state index is 12.6. The normalized spacial score (nSPS) is 23.9. The summed E-state index contributed by atoms with van der Waals surface area (Å²) in [5, 5.41) is 8.89. The number of benzene rings is 1. The predicted octanol–water partition coefficient (Wildman–Crippen LogP) is -0.0975. The van der Waals surface area contributed by atoms with E-state index in [-0.39, 0.29) is 30.8 Å². The molecular weight excluding hydrogens is 338 g/mol. The molecule has 0 saturated carbocycles. The molecule has 9 heteroatoms. The lowest BCUT2D eigenvalue weighted by atomic mass is 10.1. The third kappa shape index (κ3) is 3.98. The molecule has 0 spiro atoms. The zero-order valence-corrected chi connectivity index (χ0v) is 14.0. The van der Waals surface area contributed by atoms with Gasteiger partial charge in [-0.2, -0.15) is 0 Å². The predicted molar refractivity (Wildman–Crippen MR) is 83.8 cm³/mol. The van der Waals surface area contributed by atoms with Crippen molar-refractivity contribution in [2.24, 2.45) is 0 Å². The second-order valence-corrected chi connectivity index (χ2v) is 7.24. The number of fused-ring (bicyclic) bond motifs is 1. The summed E-state index contributed by atoms with van der Waals surface area (Å²) in [4.78, 5) is 0.0956. The van der Waals surface area contributed by atoms with Crippen LogP contribution in [0.25, 0.3) is 0 Å². The number of hydrogen-bond acceptors (Lipinski definition) is 7. The van der Waals surface area contributed by atoms with Gasteiger partial charge < -0.3 is 24.1 Å². The first-order valence-electron chi connectivity index (χ1n) is 7.82. The lowest BCUT2D eigenvalue weighted by Gasteiger charge is -2.31. The van der Waals surface area contributed by atoms with Gasteiger partial charge in [0, 0.05) is 12.7 Å². The summed E-state index contributed by atoms with van der Waals surface area (Å²) in [6.45, 7) is 1.60. The highest BCUT2D eigenvalue weighted by atomic mass is 32.2. The number of sulfonamides is 1. The fourth-order valence-corrected chi connectivity index (χ4v) is 3.95. The molecule has 134 valence electrons. The molecule has 0 aromatic heterocycles. The highest BCUT2D eigenvalue weighted by Gasteiger charge is 2.31. The fourth-order valence-electron chi connectivity index (χ4n) is 2.69. The molecule has 2 aliphatic heterocycles. The van der Waals surface area contributed by atoms with Crippen LogP contribution in [0.5, 0.6) is 11.5 Å². The van der Waals surface area contributed by atoms with Crippen LogP contribution in [0.1, 0.15) is 6.42 Å². The Labute approximate surface area is 140 Å². The molecule has 3 rings (SSSR count). The lowest BCUT2D eigenvalue weighted by molar-refractivity contribution is -0.0580. The number of ether oxygens (including phenoxy) is 4. The average molecular weight is 359 g/mol. The Kier molecular flexibility index (Phi) is 5.57. The van der Waals surface area contributed by atoms with Crippen molar-refractivity contribution in [3.8, 4) is 11.5 Å². The van der Waals surface area contributed by atoms with Gasteiger partial charge in [-0.1, -0.05) is 0 Å². The summed E-state index contributed by atoms with van der Waals surface area (Å²) < 4.78 is 49.6. The van der Waals surface area contributed by atoms with Crippen molar-refractivity contribution in [1.82, 2.24) is 4.72 Å². The number of aliphatic hydroxyl groups excluding tert-OH is 1. The topological polar surface area (TPSA) is 103 Å². The second kappa shape index (κ2) is 7.66. The minimum Gasteiger partial charge on any atom is -0.486 e. The first kappa shape index (κ1) is 17.4. The number of nitrogens with one attached hydrogen (secondary N) is 1. The maximum Gasteiger partial charge on any atom is 0.241 e. The Bertz CT molecular complexity index is 664. The van der Waals surface area contributed by atoms with E-state index in [1.54, 1.807) is 6.07 Å². The van der Waals surface area contributed by atoms with Crippen molar-refractivity contribution in [1.29, 1.82) is 0 Å². The van der Waals surface area contributed by atoms with Gasteiger partial charge in [-0.15, -0.1) is 0 Å². The van der Waals surface area contributed by atoms with Gasteiger partial charge in [-0.3, -0.25) is 0 Å². The van der Waals surface area contributed by atoms with Crippen molar-refractivity contribution in [2.45, 2.75) is 23.5 Å². The van der Waals surface area contributed by atoms with E-state index in [4.69, 9.17) is 24.1 Å². The van der Waals surface area contributed by atoms with Crippen molar-refractivity contribution >= 4 is 10.0 Å². The lowest BCUT2D eigenvalue weighted by Crippen LogP contribution is -2.50. The SMILES string of the molecule is O=S(=O)(N[C@H]1COCC[C@H]1OCCO)c1ccc2c(c1)OCCO2. The van der Waals surface area contributed by atoms with Gasteiger partial charge in [0.25, 0.3) is 0 Å². The standard InChI is InChI=1S/C15H21NO7S/c17-4-6-21-13-3-5-20-10-12(13)16-24(18,19)11-1-2-14-15(9-11)23-8-7-22-14/h1-2,9,12-13,16-17H,3-8,10H2/t12-,13+/m0/s1. The molecule has 1 aromatic rings. The quantitative estimate of drug-likeness (QED) is 0.731. The van der Waals surface area contributed by atoms with Gasteiger partial charge in [-0.25, -0.2) is 13.1 Å². The van der Waals surface area contributed by atoms with Crippen LogP contribution in [0.15, 0.2) is 23.1 Å². The van der Waals surface area contributed by atoms with Gasteiger partial charge in [0.15, 0.2) is 11.5 Å². The van der Waals surface area contributed by atoms with Crippen LogP contribution in [-0.2, 0) is 19.5 Å². The van der Waals surface area contributed by atoms with Crippen molar-refractivity contribution in [3.05, 3.63) is 18.2 Å². The van der Waals surface area contributed by atoms with Crippen LogP contribution in [-0.4, -0.2) is 65.3 Å². The van der Waals surface area contributed by atoms with Crippen molar-refractivity contribution < 1.29 is 32.5 Å². The fraction of sp³-hybridized carbons (Fsp3) is 0.600. The van der Waals surface area contributed by atoms with Crippen LogP contribution in [0, 0.1) is 0 Å². The molecule has 2 aliphatic rings. The van der Waals surface area contributed by atoms with Crippen LogP contribution in [0.3, 0.4) is 0 Å². The Morgan fingerprint density at radius 3 is 2.79 bits per heavy atom. The molecule has 24 heavy (non-hydrogen) atoms. The highest BCUT2D eigenvalue weighted by Crippen LogP contribution is 2.32. The molecule has 2 heterocycles. The van der Waals surface area contributed by atoms with Gasteiger partial charge in [0.1, 0.15) is 13.2 Å². The highest BCUT2D eigenvalue weighted by molar-refractivity contribution is 7.89. The first-order valence-corrected chi connectivity index (χ1v) is 9.30. The summed E-state index contributed by atoms with van der Waals surface area (Å²) in [5.74, 6) is 0.947. The van der Waals surface area contributed by atoms with Crippen LogP contribution in [0.4, 0.5) is 0 Å². The molecule has 0 unspecified atom stereocenters. The number of hydrogen-bond donors (Lipinski definition) is 2. The van der Waals surface area contributed by atoms with E-state index in [0.29, 0.717) is 37.7 Å². The van der Waals surface area contributed by atoms with Crippen molar-refractivity contribution in [2.75, 3.05) is 39.6 Å². The van der Waals surface area contributed by atoms with Crippen LogP contribution >= 0.6 is 0 Å². The van der Waals surface area contributed by atoms with E-state index in [1.165, 1.54) is 12.1 Å². The van der Waals surface area contributed by atoms with Gasteiger partial charge in [-0.05, 0) is 18.6 Å². The van der Waals surface area contributed by atoms with Crippen LogP contribution in [0.2, 0.25) is 0 Å². The van der Waals surface area contributed by atoms with Gasteiger partial charge in [0.2, 0.25) is 10.0 Å². The molecule has 8 nitrogen and oxygen atoms in total. The summed E-state index contributed by atoms with van der Waals surface area (Å²) >= 11 is 0. The monoisotopic (exact) mass is 359 g/mol. The average Bonchev–Trinajstić information content (AvgIpc) is 2.60. The molecule has 0 bridgehead atoms. The van der Waals surface area contributed by atoms with E-state index in [9.17, 15) is 8.42 Å². The van der Waals surface area contributed by atoms with Crippen molar-refractivity contribution in [3.63, 3.8) is 0 Å². The Balaban J connectivity index is 1.74. The molecule has 0 amide bonds. The third-order valence-electron chi connectivity index (χ3n) is 3.85. The molecule has 2 N–H and O–H groups in total. The molecule has 1 aromatic carbocycles. The summed E-state index contributed by atoms with van der Waals surface area (Å²) in [6.07, 6.45) is 0.229. The zero-order valence-electron chi connectivity index (χ0n) is 13.1. The molecule has 0 aliphatic carbocycles. The maximum absolute atomic E-state index is 12.6. The number of aliphatic hydroxyl groups is 1. The third-order valence-corrected chi connectivity index (χ3v) is 5.33. The molecule has 1 fully saturated rings. The molecule has 0 radical (unpaired) electrons. The van der Waals surface area contributed by atoms with E-state index in [0.717, 1.165) is 0 Å². The smallest absolute Gasteiger partial charge is 0.241 e. The largest absolute Gasteiger partial charge is 0.486 e. The Hall–Kier alpha value is -1.39. The molecule has 2 atom stereocenters. The summed E-state index contributed by atoms with van der Waals surface area (Å²) in [5.41, 5.74) is 0. The Morgan fingerprint density at radius 1 is 1.21 bits per heavy atom. The Morgan fingerprint density at radius 2 is 2.00 bits per heavy atom. The first-order chi connectivity index (χ1) is 11.6. The van der Waals surface area contributed by atoms with E-state index in [1.807, 2.05) is 0 Å². The van der Waals surface area contributed by atoms with E-state index < -0.39 is 16.1 Å². The molecule has 1 saturated heterocycles. The number of rotatable bonds is 6. The van der Waals surface area contributed by atoms with E-state index >= 15 is 0 Å². The summed E-state index contributed by atoms with van der Waals surface area (Å²) in [7, 11) is -3.76. The van der Waals surface area contributed by atoms with Gasteiger partial charge >= 0.3 is 0 Å². The molecular formula is C15H21NO7S. The van der Waals surface area contributed by atoms with E-state index in [2.05, 4.69) is 4.72 Å². The minimum atomic E-state index is -3.76. The zero-order chi connectivity index (χ0) is 17.0. The van der Waals surface area contributed by atoms with Crippen LogP contribution < -0.4 is 14.2 Å². The second-order valence-electron chi connectivity index (χ2n) is 5.53. The minimum absolute atomic E-state index is 0.0956. The van der Waals surface area contributed by atoms with Gasteiger partial charge in [0.05, 0.1) is 36.9 Å².